The maximum absolute atomic E-state index is 13.5. The van der Waals surface area contributed by atoms with Crippen molar-refractivity contribution < 1.29 is 14.0 Å². The standard InChI is InChI=1S/C18H19ClFN3O2/c1-12-7-8-13(9-15(12)20)21-17(24)10-23(2)11-18(25)22-16-6-4-3-5-14(16)19/h3-9H,10-11H2,1-2H3,(H,21,24)(H,22,25). The Morgan fingerprint density at radius 3 is 2.36 bits per heavy atom. The van der Waals surface area contributed by atoms with Gasteiger partial charge in [0.2, 0.25) is 11.8 Å². The van der Waals surface area contributed by atoms with Crippen LogP contribution >= 0.6 is 11.6 Å². The van der Waals surface area contributed by atoms with Crippen LogP contribution in [0.5, 0.6) is 0 Å². The molecule has 0 fully saturated rings. The summed E-state index contributed by atoms with van der Waals surface area (Å²) in [4.78, 5) is 25.5. The number of halogens is 2. The lowest BCUT2D eigenvalue weighted by Gasteiger charge is -2.16. The van der Waals surface area contributed by atoms with Gasteiger partial charge in [-0.25, -0.2) is 4.39 Å². The van der Waals surface area contributed by atoms with Gasteiger partial charge in [0.05, 0.1) is 23.8 Å². The average Bonchev–Trinajstić information content (AvgIpc) is 2.52. The summed E-state index contributed by atoms with van der Waals surface area (Å²) in [6, 6.07) is 11.4. The number of benzene rings is 2. The number of carbonyl (C=O) groups is 2. The molecule has 0 aliphatic heterocycles. The topological polar surface area (TPSA) is 61.4 Å². The first-order valence-corrected chi connectivity index (χ1v) is 8.02. The molecule has 5 nitrogen and oxygen atoms in total. The maximum Gasteiger partial charge on any atom is 0.238 e. The van der Waals surface area contributed by atoms with Gasteiger partial charge in [0.15, 0.2) is 0 Å². The van der Waals surface area contributed by atoms with Crippen LogP contribution in [0, 0.1) is 12.7 Å². The fourth-order valence-electron chi connectivity index (χ4n) is 2.17. The molecule has 2 rings (SSSR count). The van der Waals surface area contributed by atoms with Crippen LogP contribution in [0.4, 0.5) is 15.8 Å². The van der Waals surface area contributed by atoms with E-state index >= 15 is 0 Å². The zero-order chi connectivity index (χ0) is 18.4. The summed E-state index contributed by atoms with van der Waals surface area (Å²) >= 11 is 5.98. The van der Waals surface area contributed by atoms with Crippen molar-refractivity contribution >= 4 is 34.8 Å². The summed E-state index contributed by atoms with van der Waals surface area (Å²) in [5.41, 5.74) is 1.40. The minimum Gasteiger partial charge on any atom is -0.325 e. The lowest BCUT2D eigenvalue weighted by molar-refractivity contribution is -0.119. The van der Waals surface area contributed by atoms with Gasteiger partial charge in [-0.05, 0) is 43.8 Å². The number of carbonyl (C=O) groups excluding carboxylic acids is 2. The van der Waals surface area contributed by atoms with Crippen LogP contribution in [-0.2, 0) is 9.59 Å². The Hall–Kier alpha value is -2.44. The molecule has 2 aromatic carbocycles. The quantitative estimate of drug-likeness (QED) is 0.827. The molecule has 0 aliphatic carbocycles. The van der Waals surface area contributed by atoms with E-state index in [1.54, 1.807) is 55.3 Å². The lowest BCUT2D eigenvalue weighted by Crippen LogP contribution is -2.36. The van der Waals surface area contributed by atoms with Crippen LogP contribution < -0.4 is 10.6 Å². The number of hydrogen-bond donors (Lipinski definition) is 2. The van der Waals surface area contributed by atoms with Crippen molar-refractivity contribution in [3.05, 3.63) is 58.9 Å². The van der Waals surface area contributed by atoms with E-state index in [1.807, 2.05) is 0 Å². The number of likely N-dealkylation sites (N-methyl/N-ethyl adjacent to an activating group) is 1. The number of nitrogens with zero attached hydrogens (tertiary/aromatic N) is 1. The summed E-state index contributed by atoms with van der Waals surface area (Å²) in [6.45, 7) is 1.65. The van der Waals surface area contributed by atoms with Gasteiger partial charge >= 0.3 is 0 Å². The molecule has 0 radical (unpaired) electrons. The SMILES string of the molecule is Cc1ccc(NC(=O)CN(C)CC(=O)Nc2ccccc2Cl)cc1F. The number of amides is 2. The second kappa shape index (κ2) is 8.60. The molecule has 0 bridgehead atoms. The second-order valence-corrected chi connectivity index (χ2v) is 6.12. The van der Waals surface area contributed by atoms with E-state index in [4.69, 9.17) is 11.6 Å². The summed E-state index contributed by atoms with van der Waals surface area (Å²) in [5, 5.41) is 5.73. The van der Waals surface area contributed by atoms with Crippen molar-refractivity contribution in [2.45, 2.75) is 6.92 Å². The van der Waals surface area contributed by atoms with Crippen molar-refractivity contribution in [1.82, 2.24) is 4.90 Å². The summed E-state index contributed by atoms with van der Waals surface area (Å²) in [5.74, 6) is -1.01. The molecule has 25 heavy (non-hydrogen) atoms. The van der Waals surface area contributed by atoms with Crippen molar-refractivity contribution in [1.29, 1.82) is 0 Å². The lowest BCUT2D eigenvalue weighted by atomic mass is 10.2. The summed E-state index contributed by atoms with van der Waals surface area (Å²) < 4.78 is 13.5. The Morgan fingerprint density at radius 1 is 1.08 bits per heavy atom. The smallest absolute Gasteiger partial charge is 0.238 e. The van der Waals surface area contributed by atoms with E-state index in [2.05, 4.69) is 10.6 Å². The van der Waals surface area contributed by atoms with Crippen LogP contribution in [-0.4, -0.2) is 36.9 Å². The number of nitrogens with one attached hydrogen (secondary N) is 2. The van der Waals surface area contributed by atoms with Crippen LogP contribution in [0.25, 0.3) is 0 Å². The Labute approximate surface area is 150 Å². The van der Waals surface area contributed by atoms with Gasteiger partial charge in [-0.2, -0.15) is 0 Å². The molecule has 2 amide bonds. The van der Waals surface area contributed by atoms with E-state index in [-0.39, 0.29) is 30.7 Å². The van der Waals surface area contributed by atoms with E-state index in [0.29, 0.717) is 22.0 Å². The van der Waals surface area contributed by atoms with Crippen LogP contribution in [0.1, 0.15) is 5.56 Å². The first-order chi connectivity index (χ1) is 11.8. The predicted molar refractivity (Wildman–Crippen MR) is 97.3 cm³/mol. The average molecular weight is 364 g/mol. The van der Waals surface area contributed by atoms with Crippen molar-refractivity contribution in [2.75, 3.05) is 30.8 Å². The molecule has 0 aliphatic rings. The number of rotatable bonds is 6. The Balaban J connectivity index is 1.83. The predicted octanol–water partition coefficient (Wildman–Crippen LogP) is 3.30. The van der Waals surface area contributed by atoms with Gasteiger partial charge in [0.25, 0.3) is 0 Å². The van der Waals surface area contributed by atoms with E-state index in [1.165, 1.54) is 6.07 Å². The van der Waals surface area contributed by atoms with Crippen molar-refractivity contribution in [3.8, 4) is 0 Å². The first-order valence-electron chi connectivity index (χ1n) is 7.64. The van der Waals surface area contributed by atoms with Crippen LogP contribution in [0.15, 0.2) is 42.5 Å². The Morgan fingerprint density at radius 2 is 1.72 bits per heavy atom. The molecule has 0 atom stereocenters. The Kier molecular flexibility index (Phi) is 6.50. The van der Waals surface area contributed by atoms with Gasteiger partial charge < -0.3 is 10.6 Å². The van der Waals surface area contributed by atoms with E-state index in [0.717, 1.165) is 0 Å². The monoisotopic (exact) mass is 363 g/mol. The molecule has 7 heteroatoms. The van der Waals surface area contributed by atoms with Gasteiger partial charge in [-0.15, -0.1) is 0 Å². The fourth-order valence-corrected chi connectivity index (χ4v) is 2.35. The third-order valence-corrected chi connectivity index (χ3v) is 3.76. The zero-order valence-corrected chi connectivity index (χ0v) is 14.7. The van der Waals surface area contributed by atoms with Crippen molar-refractivity contribution in [3.63, 3.8) is 0 Å². The largest absolute Gasteiger partial charge is 0.325 e. The maximum atomic E-state index is 13.5. The van der Waals surface area contributed by atoms with Crippen molar-refractivity contribution in [2.24, 2.45) is 0 Å². The zero-order valence-electron chi connectivity index (χ0n) is 14.0. The highest BCUT2D eigenvalue weighted by Crippen LogP contribution is 2.20. The number of aryl methyl sites for hydroxylation is 1. The molecule has 0 unspecified atom stereocenters. The molecule has 2 aromatic rings. The molecule has 0 aromatic heterocycles. The normalized spacial score (nSPS) is 10.6. The third kappa shape index (κ3) is 5.85. The highest BCUT2D eigenvalue weighted by Gasteiger charge is 2.12. The minimum atomic E-state index is -0.384. The molecule has 132 valence electrons. The fraction of sp³-hybridized carbons (Fsp3) is 0.222. The molecule has 0 heterocycles. The van der Waals surface area contributed by atoms with Gasteiger partial charge in [-0.1, -0.05) is 29.8 Å². The van der Waals surface area contributed by atoms with Crippen LogP contribution in [0.3, 0.4) is 0 Å². The number of para-hydroxylation sites is 1. The van der Waals surface area contributed by atoms with E-state index < -0.39 is 0 Å². The minimum absolute atomic E-state index is 0.00849. The van der Waals surface area contributed by atoms with Gasteiger partial charge in [0.1, 0.15) is 5.82 Å². The third-order valence-electron chi connectivity index (χ3n) is 3.43. The van der Waals surface area contributed by atoms with Crippen LogP contribution in [0.2, 0.25) is 5.02 Å². The number of anilines is 2. The summed E-state index contributed by atoms with van der Waals surface area (Å²) in [7, 11) is 1.64. The first kappa shape index (κ1) is 18.9. The number of hydrogen-bond acceptors (Lipinski definition) is 3. The second-order valence-electron chi connectivity index (χ2n) is 5.71. The molecule has 2 N–H and O–H groups in total. The van der Waals surface area contributed by atoms with Gasteiger partial charge in [0, 0.05) is 5.69 Å². The Bertz CT molecular complexity index is 783. The molecule has 0 spiro atoms. The van der Waals surface area contributed by atoms with Gasteiger partial charge in [-0.3, -0.25) is 14.5 Å². The molecular weight excluding hydrogens is 345 g/mol. The summed E-state index contributed by atoms with van der Waals surface area (Å²) in [6.07, 6.45) is 0. The highest BCUT2D eigenvalue weighted by atomic mass is 35.5. The molecule has 0 saturated heterocycles. The molecular formula is C18H19ClFN3O2. The molecule has 0 saturated carbocycles. The highest BCUT2D eigenvalue weighted by molar-refractivity contribution is 6.33. The van der Waals surface area contributed by atoms with E-state index in [9.17, 15) is 14.0 Å².